The maximum absolute atomic E-state index is 15.0. The number of nitrogens with one attached hydrogen (secondary N) is 2. The molecule has 2 aliphatic carbocycles. The minimum atomic E-state index is -0.941. The van der Waals surface area contributed by atoms with Gasteiger partial charge in [0.05, 0.1) is 43.3 Å². The number of pyridine rings is 1. The van der Waals surface area contributed by atoms with Gasteiger partial charge in [0, 0.05) is 88.1 Å². The third kappa shape index (κ3) is 6.91. The van der Waals surface area contributed by atoms with Gasteiger partial charge in [0.25, 0.3) is 5.91 Å². The standard InChI is InChI=1S/C46H54N8O5S/c1-26-27(2)37(26)41(55)50-38-40(52-21-46(22-52)24-58-25-46)42-49-35(20-60-42)29-10-12-36-32(16-29)33(17-45(3,4)23-59-44(57)34-8-6-14-53(51-34)43(38)56)39(30-7-5-13-48-19-30)54(36)31-11-9-28(15-31)18-47/h5,7,10,12-13,16,19-20,26-28,31,34,37-38,40,51H,6,8-9,11,14-15,17,21-25H2,1-4H3,(H,50,55)/t26-,27+,28-,31-,34+,37?,38+,40+/m1/s1. The van der Waals surface area contributed by atoms with E-state index in [4.69, 9.17) is 14.5 Å². The van der Waals surface area contributed by atoms with Gasteiger partial charge in [-0.05, 0) is 80.2 Å². The van der Waals surface area contributed by atoms with Gasteiger partial charge in [-0.1, -0.05) is 33.8 Å². The Morgan fingerprint density at radius 2 is 1.88 bits per heavy atom. The van der Waals surface area contributed by atoms with Crippen molar-refractivity contribution in [2.24, 2.45) is 34.5 Å². The predicted molar refractivity (Wildman–Crippen MR) is 226 cm³/mol. The SMILES string of the molecule is C[C@@H]1C(C(=O)N[C@@H]2C(=O)N3CCC[C@H](N3)C(=O)OCC(C)(C)Cc3c(-c4cccnc4)n([C@@H]4CC[C@@H](C#N)C4)c4ccc(cc34)-c3csc(n3)[C@H]2N2CC3(COC3)C2)[C@@H]1C. The summed E-state index contributed by atoms with van der Waals surface area (Å²) in [5, 5.41) is 18.7. The van der Waals surface area contributed by atoms with E-state index in [2.05, 4.69) is 88.6 Å². The van der Waals surface area contributed by atoms with Crippen LogP contribution in [0, 0.1) is 45.8 Å². The maximum atomic E-state index is 15.0. The first-order valence-electron chi connectivity index (χ1n) is 21.7. The second kappa shape index (κ2) is 15.0. The molecule has 5 fully saturated rings. The Morgan fingerprint density at radius 1 is 1.07 bits per heavy atom. The third-order valence-electron chi connectivity index (χ3n) is 14.4. The van der Waals surface area contributed by atoms with E-state index in [0.717, 1.165) is 76.3 Å². The highest BCUT2D eigenvalue weighted by Crippen LogP contribution is 2.49. The molecule has 1 unspecified atom stereocenters. The Hall–Kier alpha value is -4.68. The topological polar surface area (TPSA) is 155 Å². The summed E-state index contributed by atoms with van der Waals surface area (Å²) in [6.07, 6.45) is 7.98. The number of carbonyl (C=O) groups is 3. The zero-order valence-electron chi connectivity index (χ0n) is 34.9. The molecule has 60 heavy (non-hydrogen) atoms. The minimum absolute atomic E-state index is 0.00391. The van der Waals surface area contributed by atoms with E-state index < -0.39 is 29.5 Å². The van der Waals surface area contributed by atoms with Crippen LogP contribution in [0.5, 0.6) is 0 Å². The Bertz CT molecular complexity index is 2370. The highest BCUT2D eigenvalue weighted by Gasteiger charge is 2.56. The van der Waals surface area contributed by atoms with Gasteiger partial charge in [-0.15, -0.1) is 11.3 Å². The van der Waals surface area contributed by atoms with Crippen molar-refractivity contribution < 1.29 is 23.9 Å². The van der Waals surface area contributed by atoms with E-state index in [1.165, 1.54) is 11.3 Å². The van der Waals surface area contributed by atoms with Crippen molar-refractivity contribution in [2.75, 3.05) is 39.5 Å². The summed E-state index contributed by atoms with van der Waals surface area (Å²) >= 11 is 1.52. The molecule has 4 aliphatic heterocycles. The van der Waals surface area contributed by atoms with E-state index in [1.807, 2.05) is 12.3 Å². The van der Waals surface area contributed by atoms with Crippen molar-refractivity contribution in [1.82, 2.24) is 35.2 Å². The number of cyclic esters (lactones) is 1. The highest BCUT2D eigenvalue weighted by atomic mass is 32.1. The van der Waals surface area contributed by atoms with Crippen LogP contribution in [-0.4, -0.2) is 93.8 Å². The molecule has 2 amide bonds. The number of nitrogens with zero attached hydrogens (tertiary/aromatic N) is 6. The molecule has 4 aromatic rings. The highest BCUT2D eigenvalue weighted by molar-refractivity contribution is 7.10. The second-order valence-electron chi connectivity index (χ2n) is 19.4. The van der Waals surface area contributed by atoms with Crippen LogP contribution in [0.15, 0.2) is 48.1 Å². The zero-order valence-corrected chi connectivity index (χ0v) is 35.7. The summed E-state index contributed by atoms with van der Waals surface area (Å²) in [6, 6.07) is 11.1. The molecule has 2 N–H and O–H groups in total. The molecule has 3 aromatic heterocycles. The van der Waals surface area contributed by atoms with E-state index in [1.54, 1.807) is 11.2 Å². The number of hydrogen-bond acceptors (Lipinski definition) is 11. The quantitative estimate of drug-likeness (QED) is 0.227. The molecule has 13 nitrogen and oxygen atoms in total. The number of esters is 1. The van der Waals surface area contributed by atoms with Crippen molar-refractivity contribution in [3.63, 3.8) is 0 Å². The average molecular weight is 831 g/mol. The lowest BCUT2D eigenvalue weighted by Gasteiger charge is -2.58. The Balaban J connectivity index is 1.13. The lowest BCUT2D eigenvalue weighted by Crippen LogP contribution is -2.70. The molecule has 7 heterocycles. The first-order chi connectivity index (χ1) is 28.9. The molecule has 6 bridgehead atoms. The van der Waals surface area contributed by atoms with Gasteiger partial charge in [0.15, 0.2) is 0 Å². The first-order valence-corrected chi connectivity index (χ1v) is 22.6. The summed E-state index contributed by atoms with van der Waals surface area (Å²) in [5.41, 5.74) is 8.89. The van der Waals surface area contributed by atoms with Crippen LogP contribution in [0.25, 0.3) is 33.4 Å². The number of aromatic nitrogens is 3. The van der Waals surface area contributed by atoms with Crippen LogP contribution in [-0.2, 0) is 30.3 Å². The van der Waals surface area contributed by atoms with Gasteiger partial charge in [0.2, 0.25) is 5.91 Å². The number of fused-ring (bicyclic) bond motifs is 6. The number of benzene rings is 1. The van der Waals surface area contributed by atoms with Gasteiger partial charge in [-0.2, -0.15) is 5.26 Å². The van der Waals surface area contributed by atoms with E-state index >= 15 is 0 Å². The van der Waals surface area contributed by atoms with Gasteiger partial charge in [-0.25, -0.2) is 10.4 Å². The van der Waals surface area contributed by atoms with Crippen LogP contribution < -0.4 is 10.7 Å². The lowest BCUT2D eigenvalue weighted by atomic mass is 9.76. The smallest absolute Gasteiger partial charge is 0.324 e. The molecule has 10 rings (SSSR count). The van der Waals surface area contributed by atoms with Crippen molar-refractivity contribution in [1.29, 1.82) is 5.26 Å². The molecule has 314 valence electrons. The average Bonchev–Trinajstić information content (AvgIpc) is 3.68. The van der Waals surface area contributed by atoms with E-state index in [0.29, 0.717) is 39.0 Å². The number of hydrogen-bond donors (Lipinski definition) is 2. The van der Waals surface area contributed by atoms with Crippen LogP contribution >= 0.6 is 11.3 Å². The Labute approximate surface area is 354 Å². The van der Waals surface area contributed by atoms with E-state index in [9.17, 15) is 19.6 Å². The molecule has 1 aromatic carbocycles. The zero-order chi connectivity index (χ0) is 41.5. The number of likely N-dealkylation sites (tertiary alicyclic amines) is 1. The van der Waals surface area contributed by atoms with Crippen molar-refractivity contribution in [3.8, 4) is 28.6 Å². The number of amides is 2. The lowest BCUT2D eigenvalue weighted by molar-refractivity contribution is -0.202. The van der Waals surface area contributed by atoms with Gasteiger partial charge in [-0.3, -0.25) is 29.3 Å². The summed E-state index contributed by atoms with van der Waals surface area (Å²) in [7, 11) is 0. The Morgan fingerprint density at radius 3 is 2.58 bits per heavy atom. The monoisotopic (exact) mass is 830 g/mol. The fourth-order valence-electron chi connectivity index (χ4n) is 10.7. The first kappa shape index (κ1) is 39.5. The second-order valence-corrected chi connectivity index (χ2v) is 20.3. The fraction of sp³-hybridized carbons (Fsp3) is 0.565. The molecule has 1 spiro atoms. The van der Waals surface area contributed by atoms with Gasteiger partial charge < -0.3 is 19.4 Å². The maximum Gasteiger partial charge on any atom is 0.324 e. The summed E-state index contributed by atoms with van der Waals surface area (Å²) < 4.78 is 14.3. The van der Waals surface area contributed by atoms with Gasteiger partial charge in [0.1, 0.15) is 17.1 Å². The summed E-state index contributed by atoms with van der Waals surface area (Å²) in [5.74, 6) is -0.506. The number of hydrazine groups is 1. The van der Waals surface area contributed by atoms with Crippen molar-refractivity contribution >= 4 is 40.0 Å². The molecule has 3 saturated heterocycles. The Kier molecular flexibility index (Phi) is 9.89. The minimum Gasteiger partial charge on any atom is -0.464 e. The number of thiazole rings is 1. The predicted octanol–water partition coefficient (Wildman–Crippen LogP) is 6.07. The van der Waals surface area contributed by atoms with Gasteiger partial charge >= 0.3 is 5.97 Å². The van der Waals surface area contributed by atoms with Crippen molar-refractivity contribution in [3.05, 3.63) is 58.7 Å². The molecule has 2 saturated carbocycles. The van der Waals surface area contributed by atoms with Crippen LogP contribution in [0.4, 0.5) is 0 Å². The third-order valence-corrected chi connectivity index (χ3v) is 15.3. The molecular formula is C46H54N8O5S. The number of rotatable bonds is 5. The number of nitriles is 1. The number of carbonyl (C=O) groups excluding carboxylic acids is 3. The largest absolute Gasteiger partial charge is 0.464 e. The number of ether oxygens (including phenoxy) is 2. The molecule has 14 heteroatoms. The van der Waals surface area contributed by atoms with Crippen LogP contribution in [0.2, 0.25) is 0 Å². The van der Waals surface area contributed by atoms with Crippen LogP contribution in [0.3, 0.4) is 0 Å². The van der Waals surface area contributed by atoms with Crippen LogP contribution in [0.1, 0.15) is 82.5 Å². The van der Waals surface area contributed by atoms with E-state index in [-0.39, 0.29) is 53.5 Å². The molecule has 8 atom stereocenters. The molecule has 0 radical (unpaired) electrons. The normalized spacial score (nSPS) is 31.1. The molecular weight excluding hydrogens is 777 g/mol. The molecule has 6 aliphatic rings. The van der Waals surface area contributed by atoms with Crippen molar-refractivity contribution in [2.45, 2.75) is 90.4 Å². The summed E-state index contributed by atoms with van der Waals surface area (Å²) in [4.78, 5) is 55.1. The fourth-order valence-corrected chi connectivity index (χ4v) is 11.7. The summed E-state index contributed by atoms with van der Waals surface area (Å²) in [6.45, 7) is 11.8.